The Morgan fingerprint density at radius 3 is 2.59 bits per heavy atom. The highest BCUT2D eigenvalue weighted by Gasteiger charge is 2.25. The molecular weight excluding hydrogens is 522 g/mol. The predicted octanol–water partition coefficient (Wildman–Crippen LogP) is 4.09. The SMILES string of the molecule is CCN(C)S(=O)Nc1ccc(F)c(C(=O)c2c[nH]c3ncc(-c4ccc(CN5CCNCC5)cc4)cc23)c1F. The zero-order valence-electron chi connectivity index (χ0n) is 21.8. The number of anilines is 1. The maximum atomic E-state index is 15.3. The van der Waals surface area contributed by atoms with E-state index in [2.05, 4.69) is 37.0 Å². The number of H-pyrrole nitrogens is 1. The first-order chi connectivity index (χ1) is 18.9. The summed E-state index contributed by atoms with van der Waals surface area (Å²) in [6, 6.07) is 12.1. The molecule has 1 unspecified atom stereocenters. The Hall–Kier alpha value is -3.51. The molecule has 1 fully saturated rings. The molecule has 0 spiro atoms. The summed E-state index contributed by atoms with van der Waals surface area (Å²) < 4.78 is 46.4. The van der Waals surface area contributed by atoms with Gasteiger partial charge in [0.1, 0.15) is 11.5 Å². The third kappa shape index (κ3) is 5.76. The number of nitrogens with zero attached hydrogens (tertiary/aromatic N) is 3. The van der Waals surface area contributed by atoms with Gasteiger partial charge in [-0.1, -0.05) is 31.2 Å². The van der Waals surface area contributed by atoms with Gasteiger partial charge in [-0.25, -0.2) is 22.3 Å². The highest BCUT2D eigenvalue weighted by atomic mass is 32.2. The van der Waals surface area contributed by atoms with E-state index < -0.39 is 34.2 Å². The molecule has 0 bridgehead atoms. The van der Waals surface area contributed by atoms with Gasteiger partial charge in [0.05, 0.1) is 11.3 Å². The summed E-state index contributed by atoms with van der Waals surface area (Å²) in [6.07, 6.45) is 3.10. The van der Waals surface area contributed by atoms with E-state index in [1.54, 1.807) is 26.2 Å². The first-order valence-electron chi connectivity index (χ1n) is 12.8. The van der Waals surface area contributed by atoms with Crippen molar-refractivity contribution in [3.63, 3.8) is 0 Å². The Morgan fingerprint density at radius 1 is 1.13 bits per heavy atom. The largest absolute Gasteiger partial charge is 0.345 e. The van der Waals surface area contributed by atoms with Gasteiger partial charge < -0.3 is 10.3 Å². The second kappa shape index (κ2) is 11.7. The summed E-state index contributed by atoms with van der Waals surface area (Å²) in [5.41, 5.74) is 2.48. The monoisotopic (exact) mass is 552 g/mol. The minimum Gasteiger partial charge on any atom is -0.345 e. The van der Waals surface area contributed by atoms with Crippen LogP contribution in [0, 0.1) is 11.6 Å². The van der Waals surface area contributed by atoms with Crippen LogP contribution >= 0.6 is 0 Å². The molecule has 1 saturated heterocycles. The molecule has 1 aliphatic rings. The fourth-order valence-corrected chi connectivity index (χ4v) is 5.28. The number of fused-ring (bicyclic) bond motifs is 1. The Bertz CT molecular complexity index is 1520. The number of rotatable bonds is 9. The van der Waals surface area contributed by atoms with Crippen molar-refractivity contribution in [1.82, 2.24) is 24.5 Å². The molecule has 0 radical (unpaired) electrons. The van der Waals surface area contributed by atoms with Crippen molar-refractivity contribution in [2.45, 2.75) is 13.5 Å². The van der Waals surface area contributed by atoms with E-state index in [1.807, 2.05) is 12.1 Å². The summed E-state index contributed by atoms with van der Waals surface area (Å²) in [5.74, 6) is -2.94. The summed E-state index contributed by atoms with van der Waals surface area (Å²) in [4.78, 5) is 23.2. The van der Waals surface area contributed by atoms with Gasteiger partial charge in [-0.3, -0.25) is 14.4 Å². The third-order valence-electron chi connectivity index (χ3n) is 6.92. The molecule has 8 nitrogen and oxygen atoms in total. The average molecular weight is 553 g/mol. The molecule has 39 heavy (non-hydrogen) atoms. The van der Waals surface area contributed by atoms with Gasteiger partial charge in [0.15, 0.2) is 17.0 Å². The van der Waals surface area contributed by atoms with Crippen LogP contribution in [0.15, 0.2) is 54.9 Å². The van der Waals surface area contributed by atoms with Gasteiger partial charge in [0.25, 0.3) is 0 Å². The van der Waals surface area contributed by atoms with Gasteiger partial charge in [-0.15, -0.1) is 0 Å². The van der Waals surface area contributed by atoms with Gasteiger partial charge in [0.2, 0.25) is 5.78 Å². The van der Waals surface area contributed by atoms with E-state index >= 15 is 4.39 Å². The highest BCUT2D eigenvalue weighted by Crippen LogP contribution is 2.30. The number of ketones is 1. The molecular formula is C28H30F2N6O2S. The fraction of sp³-hybridized carbons (Fsp3) is 0.286. The topological polar surface area (TPSA) is 93.4 Å². The summed E-state index contributed by atoms with van der Waals surface area (Å²) in [7, 11) is 1.59. The first kappa shape index (κ1) is 27.1. The van der Waals surface area contributed by atoms with Crippen molar-refractivity contribution in [2.24, 2.45) is 0 Å². The van der Waals surface area contributed by atoms with Gasteiger partial charge in [-0.05, 0) is 29.3 Å². The van der Waals surface area contributed by atoms with Gasteiger partial charge >= 0.3 is 0 Å². The van der Waals surface area contributed by atoms with Crippen molar-refractivity contribution < 1.29 is 17.8 Å². The van der Waals surface area contributed by atoms with Crippen LogP contribution in [0.5, 0.6) is 0 Å². The molecule has 0 aliphatic carbocycles. The summed E-state index contributed by atoms with van der Waals surface area (Å²) in [5, 5.41) is 3.81. The number of hydrogen-bond acceptors (Lipinski definition) is 5. The zero-order valence-corrected chi connectivity index (χ0v) is 22.6. The molecule has 1 aliphatic heterocycles. The second-order valence-corrected chi connectivity index (χ2v) is 10.8. The quantitative estimate of drug-likeness (QED) is 0.272. The number of benzene rings is 2. The maximum absolute atomic E-state index is 15.3. The Balaban J connectivity index is 1.42. The number of piperazine rings is 1. The molecule has 0 saturated carbocycles. The van der Waals surface area contributed by atoms with Crippen LogP contribution in [0.2, 0.25) is 0 Å². The fourth-order valence-electron chi connectivity index (χ4n) is 4.54. The second-order valence-electron chi connectivity index (χ2n) is 9.45. The number of carbonyl (C=O) groups is 1. The lowest BCUT2D eigenvalue weighted by Crippen LogP contribution is -2.42. The molecule has 5 rings (SSSR count). The van der Waals surface area contributed by atoms with Crippen molar-refractivity contribution in [2.75, 3.05) is 44.5 Å². The Labute approximate surface area is 228 Å². The van der Waals surface area contributed by atoms with Crippen molar-refractivity contribution >= 4 is 33.7 Å². The van der Waals surface area contributed by atoms with E-state index in [1.165, 1.54) is 16.1 Å². The van der Waals surface area contributed by atoms with Gasteiger partial charge in [0, 0.05) is 75.2 Å². The van der Waals surface area contributed by atoms with Gasteiger partial charge in [-0.2, -0.15) is 0 Å². The van der Waals surface area contributed by atoms with Crippen LogP contribution in [0.4, 0.5) is 14.5 Å². The van der Waals surface area contributed by atoms with Crippen molar-refractivity contribution in [3.05, 3.63) is 83.2 Å². The number of pyridine rings is 1. The third-order valence-corrected chi connectivity index (χ3v) is 8.14. The highest BCUT2D eigenvalue weighted by molar-refractivity contribution is 7.84. The smallest absolute Gasteiger partial charge is 0.201 e. The van der Waals surface area contributed by atoms with Crippen LogP contribution in [0.3, 0.4) is 0 Å². The molecule has 3 N–H and O–H groups in total. The number of hydrogen-bond donors (Lipinski definition) is 3. The molecule has 2 aromatic heterocycles. The van der Waals surface area contributed by atoms with Crippen LogP contribution < -0.4 is 10.0 Å². The van der Waals surface area contributed by atoms with E-state index in [4.69, 9.17) is 0 Å². The number of halogens is 2. The standard InChI is InChI=1S/C28H30F2N6O2S/c1-3-35(2)39(38)34-24-9-8-23(29)25(26(24)30)27(37)22-16-33-28-21(22)14-20(15-32-28)19-6-4-18(5-7-19)17-36-12-10-31-11-13-36/h4-9,14-16,31,34H,3,10-13,17H2,1-2H3,(H,32,33). The molecule has 11 heteroatoms. The number of carbonyl (C=O) groups excluding carboxylic acids is 1. The normalized spacial score (nSPS) is 15.1. The molecule has 4 aromatic rings. The van der Waals surface area contributed by atoms with Crippen LogP contribution in [0.25, 0.3) is 22.2 Å². The summed E-state index contributed by atoms with van der Waals surface area (Å²) in [6.45, 7) is 7.12. The Kier molecular flexibility index (Phi) is 8.12. The molecule has 1 atom stereocenters. The summed E-state index contributed by atoms with van der Waals surface area (Å²) >= 11 is -1.75. The van der Waals surface area contributed by atoms with Crippen LogP contribution in [-0.2, 0) is 17.7 Å². The lowest BCUT2D eigenvalue weighted by atomic mass is 9.99. The molecule has 0 amide bonds. The predicted molar refractivity (Wildman–Crippen MR) is 150 cm³/mol. The van der Waals surface area contributed by atoms with Crippen LogP contribution in [-0.4, -0.2) is 68.9 Å². The lowest BCUT2D eigenvalue weighted by molar-refractivity contribution is 0.103. The zero-order chi connectivity index (χ0) is 27.5. The minimum absolute atomic E-state index is 0.0939. The van der Waals surface area contributed by atoms with E-state index in [0.29, 0.717) is 17.6 Å². The van der Waals surface area contributed by atoms with E-state index in [0.717, 1.165) is 56.0 Å². The van der Waals surface area contributed by atoms with Crippen molar-refractivity contribution in [3.8, 4) is 11.1 Å². The molecule has 3 heterocycles. The first-order valence-corrected chi connectivity index (χ1v) is 13.9. The number of aromatic nitrogens is 2. The average Bonchev–Trinajstić information content (AvgIpc) is 3.38. The van der Waals surface area contributed by atoms with Crippen LogP contribution in [0.1, 0.15) is 28.4 Å². The van der Waals surface area contributed by atoms with E-state index in [9.17, 15) is 13.4 Å². The molecule has 2 aromatic carbocycles. The Morgan fingerprint density at radius 2 is 1.87 bits per heavy atom. The number of nitrogens with one attached hydrogen (secondary N) is 3. The number of aromatic amines is 1. The molecule has 204 valence electrons. The lowest BCUT2D eigenvalue weighted by Gasteiger charge is -2.27. The minimum atomic E-state index is -1.75. The van der Waals surface area contributed by atoms with Crippen molar-refractivity contribution in [1.29, 1.82) is 0 Å². The maximum Gasteiger partial charge on any atom is 0.201 e. The van der Waals surface area contributed by atoms with E-state index in [-0.39, 0.29) is 11.3 Å².